The van der Waals surface area contributed by atoms with Crippen molar-refractivity contribution in [3.63, 3.8) is 0 Å². The molecule has 2 rings (SSSR count). The number of benzene rings is 1. The third-order valence-electron chi connectivity index (χ3n) is 4.31. The number of sulfonamides is 1. The number of carbonyl (C=O) groups is 1. The van der Waals surface area contributed by atoms with Crippen molar-refractivity contribution in [1.29, 1.82) is 0 Å². The molecule has 0 aliphatic carbocycles. The van der Waals surface area contributed by atoms with Crippen LogP contribution in [0.5, 0.6) is 0 Å². The van der Waals surface area contributed by atoms with Gasteiger partial charge in [0.1, 0.15) is 0 Å². The first-order chi connectivity index (χ1) is 10.8. The molecule has 1 aromatic rings. The lowest BCUT2D eigenvalue weighted by atomic mass is 10.0. The van der Waals surface area contributed by atoms with Crippen LogP contribution in [-0.2, 0) is 10.0 Å². The van der Waals surface area contributed by atoms with E-state index in [1.165, 1.54) is 24.5 Å². The van der Waals surface area contributed by atoms with Crippen LogP contribution in [0.4, 0.5) is 0 Å². The normalized spacial score (nSPS) is 19.2. The largest absolute Gasteiger partial charge is 0.337 e. The number of likely N-dealkylation sites (N-methyl/N-ethyl adjacent to an activating group) is 1. The van der Waals surface area contributed by atoms with E-state index >= 15 is 0 Å². The summed E-state index contributed by atoms with van der Waals surface area (Å²) in [4.78, 5) is 14.7. The predicted molar refractivity (Wildman–Crippen MR) is 90.0 cm³/mol. The van der Waals surface area contributed by atoms with Crippen LogP contribution >= 0.6 is 0 Å². The maximum atomic E-state index is 12.7. The molecule has 0 aromatic heterocycles. The molecule has 0 saturated carbocycles. The Morgan fingerprint density at radius 1 is 1.35 bits per heavy atom. The average molecular weight is 339 g/mol. The number of aryl methyl sites for hydroxylation is 1. The van der Waals surface area contributed by atoms with Gasteiger partial charge in [0.05, 0.1) is 4.90 Å². The van der Waals surface area contributed by atoms with Crippen molar-refractivity contribution in [2.75, 3.05) is 34.2 Å². The fraction of sp³-hybridized carbons (Fsp3) is 0.562. The van der Waals surface area contributed by atoms with Crippen LogP contribution in [0, 0.1) is 6.92 Å². The SMILES string of the molecule is CNC1CCCN(C(=O)c2ccc(C)c(S(=O)(=O)N(C)C)c2)C1. The van der Waals surface area contributed by atoms with Crippen LogP contribution in [0.25, 0.3) is 0 Å². The number of hydrogen-bond donors (Lipinski definition) is 1. The highest BCUT2D eigenvalue weighted by atomic mass is 32.2. The van der Waals surface area contributed by atoms with Crippen molar-refractivity contribution in [1.82, 2.24) is 14.5 Å². The number of hydrogen-bond acceptors (Lipinski definition) is 4. The van der Waals surface area contributed by atoms with Crippen LogP contribution in [0.2, 0.25) is 0 Å². The summed E-state index contributed by atoms with van der Waals surface area (Å²) in [5, 5.41) is 3.20. The Morgan fingerprint density at radius 3 is 2.65 bits per heavy atom. The van der Waals surface area contributed by atoms with Gasteiger partial charge >= 0.3 is 0 Å². The van der Waals surface area contributed by atoms with Gasteiger partial charge in [-0.05, 0) is 44.5 Å². The molecule has 1 heterocycles. The lowest BCUT2D eigenvalue weighted by Gasteiger charge is -2.32. The standard InChI is InChI=1S/C16H25N3O3S/c1-12-7-8-13(10-15(12)23(21,22)18(3)4)16(20)19-9-5-6-14(11-19)17-2/h7-8,10,14,17H,5-6,9,11H2,1-4H3. The van der Waals surface area contributed by atoms with E-state index < -0.39 is 10.0 Å². The molecule has 1 aliphatic rings. The van der Waals surface area contributed by atoms with E-state index in [-0.39, 0.29) is 10.8 Å². The quantitative estimate of drug-likeness (QED) is 0.891. The van der Waals surface area contributed by atoms with Crippen LogP contribution in [0.1, 0.15) is 28.8 Å². The summed E-state index contributed by atoms with van der Waals surface area (Å²) in [5.41, 5.74) is 1.06. The lowest BCUT2D eigenvalue weighted by molar-refractivity contribution is 0.0698. The number of likely N-dealkylation sites (tertiary alicyclic amines) is 1. The maximum Gasteiger partial charge on any atom is 0.253 e. The minimum absolute atomic E-state index is 0.111. The van der Waals surface area contributed by atoms with Gasteiger partial charge in [-0.2, -0.15) is 0 Å². The molecule has 1 N–H and O–H groups in total. The number of carbonyl (C=O) groups excluding carboxylic acids is 1. The number of amides is 1. The van der Waals surface area contributed by atoms with Crippen molar-refractivity contribution >= 4 is 15.9 Å². The first-order valence-corrected chi connectivity index (χ1v) is 9.21. The minimum Gasteiger partial charge on any atom is -0.337 e. The second kappa shape index (κ2) is 6.98. The van der Waals surface area contributed by atoms with Gasteiger partial charge in [0.15, 0.2) is 0 Å². The molecule has 128 valence electrons. The third-order valence-corrected chi connectivity index (χ3v) is 6.27. The molecule has 1 amide bonds. The Labute approximate surface area is 138 Å². The zero-order chi connectivity index (χ0) is 17.2. The third kappa shape index (κ3) is 3.73. The van der Waals surface area contributed by atoms with E-state index in [2.05, 4.69) is 5.32 Å². The van der Waals surface area contributed by atoms with E-state index in [4.69, 9.17) is 0 Å². The maximum absolute atomic E-state index is 12.7. The van der Waals surface area contributed by atoms with Gasteiger partial charge in [0, 0.05) is 38.8 Å². The fourth-order valence-electron chi connectivity index (χ4n) is 2.79. The minimum atomic E-state index is -3.56. The summed E-state index contributed by atoms with van der Waals surface area (Å²) < 4.78 is 26.0. The Balaban J connectivity index is 2.32. The second-order valence-electron chi connectivity index (χ2n) is 6.15. The molecule has 0 bridgehead atoms. The summed E-state index contributed by atoms with van der Waals surface area (Å²) in [6, 6.07) is 5.19. The smallest absolute Gasteiger partial charge is 0.253 e. The highest BCUT2D eigenvalue weighted by Gasteiger charge is 2.26. The Hall–Kier alpha value is -1.44. The average Bonchev–Trinajstić information content (AvgIpc) is 2.54. The van der Waals surface area contributed by atoms with Crippen molar-refractivity contribution in [3.8, 4) is 0 Å². The first kappa shape index (κ1) is 17.9. The van der Waals surface area contributed by atoms with Crippen molar-refractivity contribution in [2.24, 2.45) is 0 Å². The van der Waals surface area contributed by atoms with Crippen LogP contribution < -0.4 is 5.32 Å². The van der Waals surface area contributed by atoms with E-state index in [1.54, 1.807) is 24.0 Å². The zero-order valence-electron chi connectivity index (χ0n) is 14.2. The molecule has 0 spiro atoms. The molecule has 1 unspecified atom stereocenters. The monoisotopic (exact) mass is 339 g/mol. The first-order valence-electron chi connectivity index (χ1n) is 7.77. The van der Waals surface area contributed by atoms with E-state index in [0.29, 0.717) is 30.3 Å². The molecule has 1 atom stereocenters. The molecule has 6 nitrogen and oxygen atoms in total. The molecule has 0 radical (unpaired) electrons. The van der Waals surface area contributed by atoms with Gasteiger partial charge in [0.2, 0.25) is 10.0 Å². The van der Waals surface area contributed by atoms with Crippen molar-refractivity contribution in [2.45, 2.75) is 30.7 Å². The molecule has 1 saturated heterocycles. The van der Waals surface area contributed by atoms with Crippen LogP contribution in [0.15, 0.2) is 23.1 Å². The Bertz CT molecular complexity index is 686. The van der Waals surface area contributed by atoms with Gasteiger partial charge in [-0.3, -0.25) is 4.79 Å². The molecule has 1 aliphatic heterocycles. The van der Waals surface area contributed by atoms with Gasteiger partial charge < -0.3 is 10.2 Å². The molecule has 1 fully saturated rings. The molecular weight excluding hydrogens is 314 g/mol. The molecular formula is C16H25N3O3S. The number of rotatable bonds is 4. The second-order valence-corrected chi connectivity index (χ2v) is 8.27. The summed E-state index contributed by atoms with van der Waals surface area (Å²) in [5.74, 6) is -0.111. The van der Waals surface area contributed by atoms with Crippen molar-refractivity contribution < 1.29 is 13.2 Å². The summed E-state index contributed by atoms with van der Waals surface area (Å²) in [6.07, 6.45) is 2.00. The van der Waals surface area contributed by atoms with E-state index in [9.17, 15) is 13.2 Å². The van der Waals surface area contributed by atoms with Crippen LogP contribution in [0.3, 0.4) is 0 Å². The number of nitrogens with one attached hydrogen (secondary N) is 1. The predicted octanol–water partition coefficient (Wildman–Crippen LogP) is 1.07. The Morgan fingerprint density at radius 2 is 2.04 bits per heavy atom. The van der Waals surface area contributed by atoms with Gasteiger partial charge in [-0.1, -0.05) is 6.07 Å². The van der Waals surface area contributed by atoms with E-state index in [0.717, 1.165) is 12.8 Å². The lowest BCUT2D eigenvalue weighted by Crippen LogP contribution is -2.47. The summed E-state index contributed by atoms with van der Waals surface area (Å²) >= 11 is 0. The fourth-order valence-corrected chi connectivity index (χ4v) is 3.93. The van der Waals surface area contributed by atoms with Gasteiger partial charge in [0.25, 0.3) is 5.91 Å². The van der Waals surface area contributed by atoms with Crippen molar-refractivity contribution in [3.05, 3.63) is 29.3 Å². The molecule has 7 heteroatoms. The molecule has 23 heavy (non-hydrogen) atoms. The summed E-state index contributed by atoms with van der Waals surface area (Å²) in [6.45, 7) is 3.10. The summed E-state index contributed by atoms with van der Waals surface area (Å²) in [7, 11) is 1.32. The highest BCUT2D eigenvalue weighted by Crippen LogP contribution is 2.22. The number of piperidine rings is 1. The topological polar surface area (TPSA) is 69.7 Å². The van der Waals surface area contributed by atoms with Gasteiger partial charge in [-0.25, -0.2) is 12.7 Å². The Kier molecular flexibility index (Phi) is 5.44. The highest BCUT2D eigenvalue weighted by molar-refractivity contribution is 7.89. The zero-order valence-corrected chi connectivity index (χ0v) is 15.0. The molecule has 1 aromatic carbocycles. The van der Waals surface area contributed by atoms with E-state index in [1.807, 2.05) is 7.05 Å². The number of nitrogens with zero attached hydrogens (tertiary/aromatic N) is 2. The van der Waals surface area contributed by atoms with Crippen LogP contribution in [-0.4, -0.2) is 63.8 Å². The van der Waals surface area contributed by atoms with Gasteiger partial charge in [-0.15, -0.1) is 0 Å².